The summed E-state index contributed by atoms with van der Waals surface area (Å²) in [5, 5.41) is 0. The monoisotopic (exact) mass is 361 g/mol. The number of nitrogens with two attached hydrogens (primary N) is 1. The van der Waals surface area contributed by atoms with Crippen molar-refractivity contribution < 1.29 is 26.7 Å². The molecule has 134 valence electrons. The molecule has 1 saturated heterocycles. The summed E-state index contributed by atoms with van der Waals surface area (Å²) in [5.74, 6) is -0.889. The van der Waals surface area contributed by atoms with E-state index in [0.717, 1.165) is 6.07 Å². The molecule has 24 heavy (non-hydrogen) atoms. The van der Waals surface area contributed by atoms with Crippen LogP contribution in [0.15, 0.2) is 35.0 Å². The van der Waals surface area contributed by atoms with Gasteiger partial charge in [0.15, 0.2) is 9.84 Å². The second kappa shape index (κ2) is 8.55. The van der Waals surface area contributed by atoms with Crippen molar-refractivity contribution in [2.24, 2.45) is 11.7 Å². The molecule has 1 heterocycles. The number of halogens is 2. The molecule has 1 aromatic carbocycles. The highest BCUT2D eigenvalue weighted by atomic mass is 32.2. The summed E-state index contributed by atoms with van der Waals surface area (Å²) < 4.78 is 61.8. The van der Waals surface area contributed by atoms with Gasteiger partial charge in [-0.25, -0.2) is 17.2 Å². The Morgan fingerprint density at radius 3 is 2.67 bits per heavy atom. The Hall–Kier alpha value is -1.51. The highest BCUT2D eigenvalue weighted by molar-refractivity contribution is 7.91. The van der Waals surface area contributed by atoms with Crippen LogP contribution in [-0.4, -0.2) is 40.5 Å². The van der Waals surface area contributed by atoms with Crippen molar-refractivity contribution in [3.05, 3.63) is 35.9 Å². The molecule has 1 aliphatic heterocycles. The Bertz CT molecular complexity index is 685. The van der Waals surface area contributed by atoms with Gasteiger partial charge < -0.3 is 15.2 Å². The summed E-state index contributed by atoms with van der Waals surface area (Å²) in [7, 11) is -3.73. The topological polar surface area (TPSA) is 78.6 Å². The van der Waals surface area contributed by atoms with Gasteiger partial charge in [0.05, 0.1) is 12.1 Å². The fourth-order valence-electron chi connectivity index (χ4n) is 2.45. The third-order valence-corrected chi connectivity index (χ3v) is 5.79. The highest BCUT2D eigenvalue weighted by Gasteiger charge is 2.26. The van der Waals surface area contributed by atoms with Crippen LogP contribution in [0.3, 0.4) is 0 Å². The van der Waals surface area contributed by atoms with Gasteiger partial charge >= 0.3 is 0 Å². The third kappa shape index (κ3) is 4.99. The fraction of sp³-hybridized carbons (Fsp3) is 0.500. The van der Waals surface area contributed by atoms with Gasteiger partial charge in [0.25, 0.3) is 0 Å². The molecule has 1 aliphatic rings. The van der Waals surface area contributed by atoms with Gasteiger partial charge in [-0.05, 0) is 30.9 Å². The molecule has 0 saturated carbocycles. The summed E-state index contributed by atoms with van der Waals surface area (Å²) >= 11 is 0. The quantitative estimate of drug-likeness (QED) is 0.806. The molecular formula is C16H21F2NO4S. The molecule has 5 nitrogen and oxygen atoms in total. The van der Waals surface area contributed by atoms with E-state index in [1.807, 2.05) is 0 Å². The minimum atomic E-state index is -3.73. The predicted octanol–water partition coefficient (Wildman–Crippen LogP) is 2.22. The van der Waals surface area contributed by atoms with Crippen LogP contribution in [0, 0.1) is 11.7 Å². The Morgan fingerprint density at radius 1 is 1.38 bits per heavy atom. The van der Waals surface area contributed by atoms with Crippen LogP contribution in [0.2, 0.25) is 0 Å². The van der Waals surface area contributed by atoms with E-state index >= 15 is 0 Å². The van der Waals surface area contributed by atoms with Crippen LogP contribution in [-0.2, 0) is 14.6 Å². The average molecular weight is 361 g/mol. The number of hydrogen-bond donors (Lipinski definition) is 1. The summed E-state index contributed by atoms with van der Waals surface area (Å²) in [6.45, 7) is 0.916. The Kier molecular flexibility index (Phi) is 6.70. The number of sulfone groups is 1. The van der Waals surface area contributed by atoms with Gasteiger partial charge in [-0.3, -0.25) is 0 Å². The molecule has 0 unspecified atom stereocenters. The maximum Gasteiger partial charge on any atom is 0.181 e. The number of ether oxygens (including phenoxy) is 2. The largest absolute Gasteiger partial charge is 0.489 e. The molecule has 0 radical (unpaired) electrons. The fourth-order valence-corrected chi connectivity index (χ4v) is 4.21. The molecule has 0 bridgehead atoms. The maximum atomic E-state index is 14.2. The van der Waals surface area contributed by atoms with Gasteiger partial charge in [-0.1, -0.05) is 0 Å². The van der Waals surface area contributed by atoms with E-state index in [9.17, 15) is 17.2 Å². The van der Waals surface area contributed by atoms with Gasteiger partial charge in [0, 0.05) is 31.4 Å². The SMILES string of the molecule is NC/C(=C\F)COc1ccc(S(=O)(=O)CC2CCOCC2)c(F)c1. The van der Waals surface area contributed by atoms with E-state index < -0.39 is 15.7 Å². The smallest absolute Gasteiger partial charge is 0.181 e. The molecule has 1 fully saturated rings. The molecule has 0 spiro atoms. The standard InChI is InChI=1S/C16H21F2NO4S/c17-8-13(9-19)10-23-14-1-2-16(15(18)7-14)24(20,21)11-12-3-5-22-6-4-12/h1-2,7-8,12H,3-6,9-11,19H2/b13-8+. The molecule has 2 N–H and O–H groups in total. The minimum Gasteiger partial charge on any atom is -0.489 e. The van der Waals surface area contributed by atoms with E-state index in [4.69, 9.17) is 15.2 Å². The first-order valence-corrected chi connectivity index (χ1v) is 9.32. The minimum absolute atomic E-state index is 0.0173. The first-order chi connectivity index (χ1) is 11.5. The van der Waals surface area contributed by atoms with Crippen LogP contribution >= 0.6 is 0 Å². The first-order valence-electron chi connectivity index (χ1n) is 7.67. The lowest BCUT2D eigenvalue weighted by Gasteiger charge is -2.21. The van der Waals surface area contributed by atoms with Crippen molar-refractivity contribution >= 4 is 9.84 Å². The van der Waals surface area contributed by atoms with E-state index in [0.29, 0.717) is 32.4 Å². The number of benzene rings is 1. The molecule has 1 aromatic rings. The van der Waals surface area contributed by atoms with Crippen molar-refractivity contribution in [1.29, 1.82) is 0 Å². The first kappa shape index (κ1) is 18.8. The van der Waals surface area contributed by atoms with E-state index in [1.165, 1.54) is 12.1 Å². The molecule has 8 heteroatoms. The van der Waals surface area contributed by atoms with Crippen LogP contribution in [0.25, 0.3) is 0 Å². The van der Waals surface area contributed by atoms with Crippen molar-refractivity contribution in [3.8, 4) is 5.75 Å². The lowest BCUT2D eigenvalue weighted by molar-refractivity contribution is 0.0723. The third-order valence-electron chi connectivity index (χ3n) is 3.88. The average Bonchev–Trinajstić information content (AvgIpc) is 2.56. The summed E-state index contributed by atoms with van der Waals surface area (Å²) in [5.41, 5.74) is 5.51. The van der Waals surface area contributed by atoms with Gasteiger partial charge in [-0.2, -0.15) is 0 Å². The van der Waals surface area contributed by atoms with Gasteiger partial charge in [-0.15, -0.1) is 0 Å². The van der Waals surface area contributed by atoms with Crippen LogP contribution in [0.1, 0.15) is 12.8 Å². The predicted molar refractivity (Wildman–Crippen MR) is 85.7 cm³/mol. The second-order valence-electron chi connectivity index (χ2n) is 5.69. The lowest BCUT2D eigenvalue weighted by atomic mass is 10.0. The number of rotatable bonds is 7. The van der Waals surface area contributed by atoms with Crippen molar-refractivity contribution in [3.63, 3.8) is 0 Å². The molecule has 0 amide bonds. The van der Waals surface area contributed by atoms with E-state index in [2.05, 4.69) is 0 Å². The maximum absolute atomic E-state index is 14.2. The van der Waals surface area contributed by atoms with Crippen LogP contribution in [0.5, 0.6) is 5.75 Å². The van der Waals surface area contributed by atoms with E-state index in [1.54, 1.807) is 0 Å². The normalized spacial score (nSPS) is 17.0. The lowest BCUT2D eigenvalue weighted by Crippen LogP contribution is -2.24. The molecular weight excluding hydrogens is 340 g/mol. The Morgan fingerprint density at radius 2 is 2.08 bits per heavy atom. The summed E-state index contributed by atoms with van der Waals surface area (Å²) in [6.07, 6.45) is 1.64. The zero-order valence-corrected chi connectivity index (χ0v) is 14.0. The Balaban J connectivity index is 2.07. The highest BCUT2D eigenvalue weighted by Crippen LogP contribution is 2.25. The molecule has 0 atom stereocenters. The zero-order valence-electron chi connectivity index (χ0n) is 13.2. The van der Waals surface area contributed by atoms with Crippen molar-refractivity contribution in [1.82, 2.24) is 0 Å². The van der Waals surface area contributed by atoms with Crippen LogP contribution in [0.4, 0.5) is 8.78 Å². The zero-order chi connectivity index (χ0) is 17.6. The number of hydrogen-bond acceptors (Lipinski definition) is 5. The second-order valence-corrected chi connectivity index (χ2v) is 7.69. The molecule has 0 aliphatic carbocycles. The van der Waals surface area contributed by atoms with E-state index in [-0.39, 0.29) is 41.0 Å². The van der Waals surface area contributed by atoms with Crippen molar-refractivity contribution in [2.75, 3.05) is 32.1 Å². The summed E-state index contributed by atoms with van der Waals surface area (Å²) in [6, 6.07) is 3.52. The Labute approximate surface area is 140 Å². The molecule has 2 rings (SSSR count). The van der Waals surface area contributed by atoms with Gasteiger partial charge in [0.2, 0.25) is 0 Å². The summed E-state index contributed by atoms with van der Waals surface area (Å²) in [4.78, 5) is -0.346. The molecule has 0 aromatic heterocycles. The van der Waals surface area contributed by atoms with Gasteiger partial charge in [0.1, 0.15) is 23.1 Å². The van der Waals surface area contributed by atoms with Crippen LogP contribution < -0.4 is 10.5 Å². The van der Waals surface area contributed by atoms with Crippen molar-refractivity contribution in [2.45, 2.75) is 17.7 Å².